The summed E-state index contributed by atoms with van der Waals surface area (Å²) in [7, 11) is 1.54. The fourth-order valence-corrected chi connectivity index (χ4v) is 4.07. The van der Waals surface area contributed by atoms with Gasteiger partial charge < -0.3 is 14.0 Å². The van der Waals surface area contributed by atoms with E-state index in [4.69, 9.17) is 21.1 Å². The molecule has 0 aliphatic carbocycles. The van der Waals surface area contributed by atoms with Crippen molar-refractivity contribution >= 4 is 22.6 Å². The highest BCUT2D eigenvalue weighted by molar-refractivity contribution is 6.32. The largest absolute Gasteiger partial charge is 0.490 e. The Morgan fingerprint density at radius 3 is 2.81 bits per heavy atom. The molecule has 4 heterocycles. The number of aromatic nitrogens is 4. The molecule has 1 aliphatic rings. The van der Waals surface area contributed by atoms with Crippen molar-refractivity contribution in [3.8, 4) is 17.4 Å². The smallest absolute Gasteiger partial charge is 0.316 e. The van der Waals surface area contributed by atoms with Crippen LogP contribution in [0.15, 0.2) is 49.1 Å². The Kier molecular flexibility index (Phi) is 5.17. The molecule has 3 aromatic heterocycles. The quantitative estimate of drug-likeness (QED) is 0.478. The van der Waals surface area contributed by atoms with E-state index < -0.39 is 0 Å². The Morgan fingerprint density at radius 2 is 2.00 bits per heavy atom. The van der Waals surface area contributed by atoms with Crippen molar-refractivity contribution < 1.29 is 13.9 Å². The summed E-state index contributed by atoms with van der Waals surface area (Å²) < 4.78 is 26.4. The zero-order valence-electron chi connectivity index (χ0n) is 16.8. The molecule has 0 fully saturated rings. The minimum atomic E-state index is -0.364. The molecule has 4 aromatic rings. The number of methoxy groups -OCH3 is 1. The van der Waals surface area contributed by atoms with Gasteiger partial charge >= 0.3 is 6.01 Å². The highest BCUT2D eigenvalue weighted by atomic mass is 35.5. The van der Waals surface area contributed by atoms with Crippen LogP contribution in [0.4, 0.5) is 4.39 Å². The normalized spacial score (nSPS) is 14.2. The third kappa shape index (κ3) is 3.92. The van der Waals surface area contributed by atoms with Gasteiger partial charge in [0.05, 0.1) is 18.3 Å². The molecule has 7 nitrogen and oxygen atoms in total. The van der Waals surface area contributed by atoms with Gasteiger partial charge in [0.15, 0.2) is 0 Å². The van der Waals surface area contributed by atoms with Crippen LogP contribution in [0.2, 0.25) is 5.02 Å². The first-order valence-corrected chi connectivity index (χ1v) is 10.1. The first-order valence-electron chi connectivity index (χ1n) is 9.76. The van der Waals surface area contributed by atoms with Crippen molar-refractivity contribution in [3.63, 3.8) is 0 Å². The van der Waals surface area contributed by atoms with Crippen molar-refractivity contribution in [2.24, 2.45) is 0 Å². The highest BCUT2D eigenvalue weighted by Crippen LogP contribution is 2.35. The SMILES string of the molecule is COc1ncc(CN2CCOc3c(Cl)cc(-n4ccc5cc(F)cnc54)cc3C2)cn1. The summed E-state index contributed by atoms with van der Waals surface area (Å²) >= 11 is 6.58. The third-order valence-corrected chi connectivity index (χ3v) is 5.48. The predicted octanol–water partition coefficient (Wildman–Crippen LogP) is 4.01. The summed E-state index contributed by atoms with van der Waals surface area (Å²) in [4.78, 5) is 14.8. The Hall–Kier alpha value is -3.23. The van der Waals surface area contributed by atoms with Gasteiger partial charge in [-0.3, -0.25) is 4.90 Å². The Labute approximate surface area is 183 Å². The minimum absolute atomic E-state index is 0.345. The van der Waals surface area contributed by atoms with E-state index in [9.17, 15) is 4.39 Å². The van der Waals surface area contributed by atoms with Crippen molar-refractivity contribution in [2.75, 3.05) is 20.3 Å². The average Bonchev–Trinajstić information content (AvgIpc) is 3.07. The van der Waals surface area contributed by atoms with E-state index in [0.717, 1.165) is 28.7 Å². The van der Waals surface area contributed by atoms with Gasteiger partial charge in [-0.1, -0.05) is 11.6 Å². The number of fused-ring (bicyclic) bond motifs is 2. The van der Waals surface area contributed by atoms with Gasteiger partial charge in [0.25, 0.3) is 0 Å². The van der Waals surface area contributed by atoms with Crippen LogP contribution in [-0.4, -0.2) is 44.7 Å². The predicted molar refractivity (Wildman–Crippen MR) is 114 cm³/mol. The second-order valence-electron chi connectivity index (χ2n) is 7.31. The summed E-state index contributed by atoms with van der Waals surface area (Å²) in [6.07, 6.45) is 6.60. The summed E-state index contributed by atoms with van der Waals surface area (Å²) in [6, 6.07) is 7.52. The van der Waals surface area contributed by atoms with Crippen LogP contribution in [0.1, 0.15) is 11.1 Å². The summed E-state index contributed by atoms with van der Waals surface area (Å²) in [5.74, 6) is 0.325. The standard InChI is InChI=1S/C22H19ClFN5O2/c1-30-22-26-9-14(10-27-22)12-28-4-5-31-20-16(13-28)7-18(8-19(20)23)29-3-2-15-6-17(24)11-25-21(15)29/h2-3,6-11H,4-5,12-13H2,1H3. The maximum atomic E-state index is 13.5. The molecule has 0 saturated carbocycles. The lowest BCUT2D eigenvalue weighted by Gasteiger charge is -2.19. The van der Waals surface area contributed by atoms with Crippen molar-refractivity contribution in [1.82, 2.24) is 24.4 Å². The molecule has 0 saturated heterocycles. The molecule has 9 heteroatoms. The second kappa shape index (κ2) is 8.13. The zero-order valence-corrected chi connectivity index (χ0v) is 17.5. The highest BCUT2D eigenvalue weighted by Gasteiger charge is 2.20. The molecular formula is C22H19ClFN5O2. The number of nitrogens with zero attached hydrogens (tertiary/aromatic N) is 5. The monoisotopic (exact) mass is 439 g/mol. The second-order valence-corrected chi connectivity index (χ2v) is 7.71. The van der Waals surface area contributed by atoms with E-state index in [2.05, 4.69) is 19.9 Å². The average molecular weight is 440 g/mol. The molecular weight excluding hydrogens is 421 g/mol. The lowest BCUT2D eigenvalue weighted by molar-refractivity contribution is 0.219. The first-order chi connectivity index (χ1) is 15.1. The number of benzene rings is 1. The molecule has 1 aliphatic heterocycles. The van der Waals surface area contributed by atoms with E-state index in [1.807, 2.05) is 29.0 Å². The van der Waals surface area contributed by atoms with Crippen LogP contribution < -0.4 is 9.47 Å². The number of hydrogen-bond donors (Lipinski definition) is 0. The first kappa shape index (κ1) is 19.7. The van der Waals surface area contributed by atoms with E-state index in [0.29, 0.717) is 42.1 Å². The molecule has 0 amide bonds. The number of ether oxygens (including phenoxy) is 2. The molecule has 31 heavy (non-hydrogen) atoms. The summed E-state index contributed by atoms with van der Waals surface area (Å²) in [6.45, 7) is 2.58. The maximum Gasteiger partial charge on any atom is 0.316 e. The molecule has 0 atom stereocenters. The van der Waals surface area contributed by atoms with Gasteiger partial charge in [0.2, 0.25) is 0 Å². The molecule has 158 valence electrons. The molecule has 1 aromatic carbocycles. The Morgan fingerprint density at radius 1 is 1.16 bits per heavy atom. The number of pyridine rings is 1. The number of rotatable bonds is 4. The summed E-state index contributed by atoms with van der Waals surface area (Å²) in [5.41, 5.74) is 3.46. The van der Waals surface area contributed by atoms with Crippen molar-refractivity contribution in [2.45, 2.75) is 13.1 Å². The molecule has 0 spiro atoms. The van der Waals surface area contributed by atoms with Gasteiger partial charge in [0, 0.05) is 60.4 Å². The molecule has 0 bridgehead atoms. The van der Waals surface area contributed by atoms with Gasteiger partial charge in [-0.05, 0) is 24.3 Å². The maximum absolute atomic E-state index is 13.5. The zero-order chi connectivity index (χ0) is 21.4. The van der Waals surface area contributed by atoms with E-state index >= 15 is 0 Å². The van der Waals surface area contributed by atoms with Crippen molar-refractivity contribution in [1.29, 1.82) is 0 Å². The molecule has 0 N–H and O–H groups in total. The van der Waals surface area contributed by atoms with Crippen molar-refractivity contribution in [3.05, 3.63) is 71.0 Å². The van der Waals surface area contributed by atoms with Gasteiger partial charge in [0.1, 0.15) is 23.8 Å². The fraction of sp³-hybridized carbons (Fsp3) is 0.227. The van der Waals surface area contributed by atoms with Gasteiger partial charge in [-0.2, -0.15) is 0 Å². The van der Waals surface area contributed by atoms with Crippen LogP contribution in [0.5, 0.6) is 11.8 Å². The lowest BCUT2D eigenvalue weighted by atomic mass is 10.1. The Bertz CT molecular complexity index is 1240. The van der Waals surface area contributed by atoms with Crippen LogP contribution in [-0.2, 0) is 13.1 Å². The molecule has 5 rings (SSSR count). The van der Waals surface area contributed by atoms with Gasteiger partial charge in [-0.25, -0.2) is 19.3 Å². The molecule has 0 unspecified atom stereocenters. The van der Waals surface area contributed by atoms with E-state index in [1.165, 1.54) is 12.3 Å². The van der Waals surface area contributed by atoms with E-state index in [-0.39, 0.29) is 5.82 Å². The molecule has 0 radical (unpaired) electrons. The lowest BCUT2D eigenvalue weighted by Crippen LogP contribution is -2.25. The number of halogens is 2. The summed E-state index contributed by atoms with van der Waals surface area (Å²) in [5, 5.41) is 1.26. The topological polar surface area (TPSA) is 65.3 Å². The third-order valence-electron chi connectivity index (χ3n) is 5.19. The van der Waals surface area contributed by atoms with E-state index in [1.54, 1.807) is 19.5 Å². The van der Waals surface area contributed by atoms with Gasteiger partial charge in [-0.15, -0.1) is 0 Å². The fourth-order valence-electron chi connectivity index (χ4n) is 3.78. The van der Waals surface area contributed by atoms with Crippen LogP contribution in [0, 0.1) is 5.82 Å². The van der Waals surface area contributed by atoms with Crippen LogP contribution >= 0.6 is 11.6 Å². The van der Waals surface area contributed by atoms with Crippen LogP contribution in [0.25, 0.3) is 16.7 Å². The number of hydrogen-bond acceptors (Lipinski definition) is 6. The van der Waals surface area contributed by atoms with Crippen LogP contribution in [0.3, 0.4) is 0 Å². The Balaban J connectivity index is 1.46. The minimum Gasteiger partial charge on any atom is -0.490 e.